The smallest absolute Gasteiger partial charge is 0.338 e. The van der Waals surface area contributed by atoms with Crippen LogP contribution in [0.5, 0.6) is 0 Å². The monoisotopic (exact) mass is 422 g/mol. The first-order chi connectivity index (χ1) is 13.5. The van der Waals surface area contributed by atoms with Gasteiger partial charge in [0, 0.05) is 5.69 Å². The molecule has 0 bridgehead atoms. The molecule has 0 aliphatic carbocycles. The molecule has 0 saturated heterocycles. The average molecular weight is 422 g/mol. The SMILES string of the molecule is CCOC(=O)c1ccc(C)c(NC(=O)[C@@H](C)N(c2ccc(F)cc2)S(C)(=O)=O)c1. The van der Waals surface area contributed by atoms with Crippen LogP contribution in [0, 0.1) is 12.7 Å². The maximum atomic E-state index is 13.2. The van der Waals surface area contributed by atoms with Gasteiger partial charge in [0.05, 0.1) is 24.1 Å². The first-order valence-corrected chi connectivity index (χ1v) is 10.7. The van der Waals surface area contributed by atoms with Crippen molar-refractivity contribution in [3.05, 3.63) is 59.4 Å². The number of anilines is 2. The lowest BCUT2D eigenvalue weighted by Gasteiger charge is -2.28. The van der Waals surface area contributed by atoms with Crippen LogP contribution < -0.4 is 9.62 Å². The highest BCUT2D eigenvalue weighted by Crippen LogP contribution is 2.23. The normalized spacial score (nSPS) is 12.2. The number of aryl methyl sites for hydroxylation is 1. The van der Waals surface area contributed by atoms with Crippen molar-refractivity contribution in [3.63, 3.8) is 0 Å². The molecule has 0 aliphatic heterocycles. The van der Waals surface area contributed by atoms with Crippen molar-refractivity contribution in [3.8, 4) is 0 Å². The Hall–Kier alpha value is -2.94. The number of esters is 1. The number of hydrogen-bond donors (Lipinski definition) is 1. The van der Waals surface area contributed by atoms with Crippen LogP contribution in [0.3, 0.4) is 0 Å². The minimum Gasteiger partial charge on any atom is -0.462 e. The molecule has 1 amide bonds. The van der Waals surface area contributed by atoms with Gasteiger partial charge in [-0.2, -0.15) is 0 Å². The summed E-state index contributed by atoms with van der Waals surface area (Å²) in [6.07, 6.45) is 0.965. The fraction of sp³-hybridized carbons (Fsp3) is 0.300. The molecule has 0 unspecified atom stereocenters. The van der Waals surface area contributed by atoms with Crippen molar-refractivity contribution < 1.29 is 27.1 Å². The fourth-order valence-corrected chi connectivity index (χ4v) is 3.91. The zero-order valence-corrected chi connectivity index (χ0v) is 17.4. The molecule has 2 rings (SSSR count). The van der Waals surface area contributed by atoms with Gasteiger partial charge in [0.1, 0.15) is 11.9 Å². The predicted molar refractivity (Wildman–Crippen MR) is 109 cm³/mol. The standard InChI is InChI=1S/C20H23FN2O5S/c1-5-28-20(25)15-7-6-13(2)18(12-15)22-19(24)14(3)23(29(4,26)27)17-10-8-16(21)9-11-17/h6-12,14H,5H2,1-4H3,(H,22,24)/t14-/m1/s1. The van der Waals surface area contributed by atoms with Gasteiger partial charge < -0.3 is 10.1 Å². The van der Waals surface area contributed by atoms with Crippen LogP contribution in [0.4, 0.5) is 15.8 Å². The number of halogens is 1. The number of carbonyl (C=O) groups excluding carboxylic acids is 2. The molecule has 0 aliphatic rings. The largest absolute Gasteiger partial charge is 0.462 e. The molecule has 7 nitrogen and oxygen atoms in total. The summed E-state index contributed by atoms with van der Waals surface area (Å²) in [5, 5.41) is 2.65. The number of carbonyl (C=O) groups is 2. The molecule has 0 radical (unpaired) electrons. The lowest BCUT2D eigenvalue weighted by molar-refractivity contribution is -0.116. The number of sulfonamides is 1. The first-order valence-electron chi connectivity index (χ1n) is 8.88. The maximum absolute atomic E-state index is 13.2. The third kappa shape index (κ3) is 5.54. The Bertz CT molecular complexity index is 1010. The van der Waals surface area contributed by atoms with E-state index in [9.17, 15) is 22.4 Å². The number of nitrogens with zero attached hydrogens (tertiary/aromatic N) is 1. The zero-order chi connectivity index (χ0) is 21.8. The molecule has 1 atom stereocenters. The summed E-state index contributed by atoms with van der Waals surface area (Å²) in [7, 11) is -3.83. The number of ether oxygens (including phenoxy) is 1. The van der Waals surface area contributed by atoms with Crippen molar-refractivity contribution in [2.75, 3.05) is 22.5 Å². The number of amides is 1. The van der Waals surface area contributed by atoms with Crippen LogP contribution in [0.1, 0.15) is 29.8 Å². The van der Waals surface area contributed by atoms with Crippen molar-refractivity contribution >= 4 is 33.3 Å². The summed E-state index contributed by atoms with van der Waals surface area (Å²) in [5.41, 5.74) is 1.47. The molecule has 2 aromatic carbocycles. The van der Waals surface area contributed by atoms with E-state index in [0.717, 1.165) is 22.7 Å². The second-order valence-electron chi connectivity index (χ2n) is 6.45. The highest BCUT2D eigenvalue weighted by atomic mass is 32.2. The number of rotatable bonds is 7. The van der Waals surface area contributed by atoms with E-state index < -0.39 is 33.8 Å². The van der Waals surface area contributed by atoms with Crippen molar-refractivity contribution in [1.82, 2.24) is 0 Å². The lowest BCUT2D eigenvalue weighted by Crippen LogP contribution is -2.45. The van der Waals surface area contributed by atoms with Crippen LogP contribution in [-0.2, 0) is 19.6 Å². The van der Waals surface area contributed by atoms with E-state index in [0.29, 0.717) is 11.3 Å². The summed E-state index contributed by atoms with van der Waals surface area (Å²) >= 11 is 0. The summed E-state index contributed by atoms with van der Waals surface area (Å²) in [5.74, 6) is -1.66. The highest BCUT2D eigenvalue weighted by Gasteiger charge is 2.29. The third-order valence-corrected chi connectivity index (χ3v) is 5.42. The van der Waals surface area contributed by atoms with Crippen LogP contribution in [-0.4, -0.2) is 39.2 Å². The molecule has 156 valence electrons. The van der Waals surface area contributed by atoms with Gasteiger partial charge in [0.2, 0.25) is 15.9 Å². The first kappa shape index (κ1) is 22.4. The molecule has 29 heavy (non-hydrogen) atoms. The van der Waals surface area contributed by atoms with E-state index in [1.54, 1.807) is 26.0 Å². The molecule has 0 spiro atoms. The molecule has 0 heterocycles. The molecule has 2 aromatic rings. The summed E-state index contributed by atoms with van der Waals surface area (Å²) in [6, 6.07) is 8.38. The van der Waals surface area contributed by atoms with Gasteiger partial charge in [-0.25, -0.2) is 17.6 Å². The zero-order valence-electron chi connectivity index (χ0n) is 16.6. The molecular formula is C20H23FN2O5S. The summed E-state index contributed by atoms with van der Waals surface area (Å²) < 4.78 is 43.7. The molecule has 0 saturated carbocycles. The van der Waals surface area contributed by atoms with Crippen molar-refractivity contribution in [2.45, 2.75) is 26.8 Å². The Morgan fingerprint density at radius 1 is 1.17 bits per heavy atom. The average Bonchev–Trinajstić information content (AvgIpc) is 2.64. The molecule has 0 fully saturated rings. The van der Waals surface area contributed by atoms with Gasteiger partial charge in [-0.05, 0) is 62.7 Å². The van der Waals surface area contributed by atoms with Gasteiger partial charge >= 0.3 is 5.97 Å². The number of benzene rings is 2. The van der Waals surface area contributed by atoms with E-state index in [4.69, 9.17) is 4.74 Å². The Labute approximate surface area is 169 Å². The Kier molecular flexibility index (Phi) is 6.97. The maximum Gasteiger partial charge on any atom is 0.338 e. The van der Waals surface area contributed by atoms with E-state index in [1.165, 1.54) is 25.1 Å². The minimum absolute atomic E-state index is 0.161. The Morgan fingerprint density at radius 2 is 1.79 bits per heavy atom. The van der Waals surface area contributed by atoms with Crippen LogP contribution in [0.15, 0.2) is 42.5 Å². The van der Waals surface area contributed by atoms with E-state index in [-0.39, 0.29) is 17.9 Å². The van der Waals surface area contributed by atoms with Crippen LogP contribution in [0.2, 0.25) is 0 Å². The molecule has 0 aromatic heterocycles. The Morgan fingerprint density at radius 3 is 2.34 bits per heavy atom. The van der Waals surface area contributed by atoms with Crippen molar-refractivity contribution in [1.29, 1.82) is 0 Å². The van der Waals surface area contributed by atoms with Crippen LogP contribution in [0.25, 0.3) is 0 Å². The van der Waals surface area contributed by atoms with Gasteiger partial charge in [-0.15, -0.1) is 0 Å². The van der Waals surface area contributed by atoms with E-state index in [1.807, 2.05) is 0 Å². The van der Waals surface area contributed by atoms with Gasteiger partial charge in [-0.3, -0.25) is 9.10 Å². The van der Waals surface area contributed by atoms with Crippen molar-refractivity contribution in [2.24, 2.45) is 0 Å². The molecule has 1 N–H and O–H groups in total. The van der Waals surface area contributed by atoms with E-state index >= 15 is 0 Å². The third-order valence-electron chi connectivity index (χ3n) is 4.18. The quantitative estimate of drug-likeness (QED) is 0.692. The highest BCUT2D eigenvalue weighted by molar-refractivity contribution is 7.92. The lowest BCUT2D eigenvalue weighted by atomic mass is 10.1. The van der Waals surface area contributed by atoms with E-state index in [2.05, 4.69) is 5.32 Å². The number of nitrogens with one attached hydrogen (secondary N) is 1. The van der Waals surface area contributed by atoms with Gasteiger partial charge in [0.15, 0.2) is 0 Å². The second-order valence-corrected chi connectivity index (χ2v) is 8.31. The Balaban J connectivity index is 2.31. The molecule has 9 heteroatoms. The van der Waals surface area contributed by atoms with Gasteiger partial charge in [-0.1, -0.05) is 6.07 Å². The summed E-state index contributed by atoms with van der Waals surface area (Å²) in [6.45, 7) is 5.06. The summed E-state index contributed by atoms with van der Waals surface area (Å²) in [4.78, 5) is 24.7. The topological polar surface area (TPSA) is 92.8 Å². The van der Waals surface area contributed by atoms with Gasteiger partial charge in [0.25, 0.3) is 0 Å². The molecular weight excluding hydrogens is 399 g/mol. The second kappa shape index (κ2) is 9.04. The number of hydrogen-bond acceptors (Lipinski definition) is 5. The minimum atomic E-state index is -3.83. The van der Waals surface area contributed by atoms with Crippen LogP contribution >= 0.6 is 0 Å². The fourth-order valence-electron chi connectivity index (χ4n) is 2.73. The predicted octanol–water partition coefficient (Wildman–Crippen LogP) is 3.10.